The number of benzene rings is 2. The van der Waals surface area contributed by atoms with Crippen LogP contribution in [0, 0.1) is 6.92 Å². The van der Waals surface area contributed by atoms with Gasteiger partial charge in [-0.2, -0.15) is 18.3 Å². The Morgan fingerprint density at radius 1 is 1.03 bits per heavy atom. The zero-order valence-electron chi connectivity index (χ0n) is 15.9. The number of halogens is 3. The summed E-state index contributed by atoms with van der Waals surface area (Å²) < 4.78 is 65.2. The molecule has 0 aliphatic rings. The second-order valence-electron chi connectivity index (χ2n) is 6.12. The molecule has 0 unspecified atom stereocenters. The quantitative estimate of drug-likeness (QED) is 0.690. The van der Waals surface area contributed by atoms with Gasteiger partial charge in [-0.25, -0.2) is 13.6 Å². The Hall–Kier alpha value is -2.85. The van der Waals surface area contributed by atoms with Crippen molar-refractivity contribution in [3.8, 4) is 17.0 Å². The number of nitrogens with two attached hydrogens (primary N) is 1. The number of ether oxygens (including phenoxy) is 1. The number of hydrogen-bond donors (Lipinski definition) is 1. The summed E-state index contributed by atoms with van der Waals surface area (Å²) >= 11 is 0. The fourth-order valence-electron chi connectivity index (χ4n) is 2.37. The molecule has 0 atom stereocenters. The van der Waals surface area contributed by atoms with Crippen molar-refractivity contribution >= 4 is 10.0 Å². The summed E-state index contributed by atoms with van der Waals surface area (Å²) in [6.07, 6.45) is -4.43. The molecule has 0 aliphatic heterocycles. The molecule has 0 radical (unpaired) electrons. The lowest BCUT2D eigenvalue weighted by atomic mass is 10.1. The Kier molecular flexibility index (Phi) is 6.70. The minimum absolute atomic E-state index is 0.156. The Morgan fingerprint density at radius 2 is 1.59 bits per heavy atom. The van der Waals surface area contributed by atoms with Gasteiger partial charge in [0.15, 0.2) is 5.69 Å². The number of methoxy groups -OCH3 is 1. The largest absolute Gasteiger partial charge is 0.497 e. The number of aryl methyl sites for hydroxylation is 2. The molecule has 0 fully saturated rings. The van der Waals surface area contributed by atoms with Crippen molar-refractivity contribution in [3.05, 3.63) is 65.9 Å². The van der Waals surface area contributed by atoms with Crippen LogP contribution in [0.25, 0.3) is 11.3 Å². The second kappa shape index (κ2) is 8.66. The molecule has 0 amide bonds. The predicted molar refractivity (Wildman–Crippen MR) is 103 cm³/mol. The number of alkyl halides is 3. The maximum absolute atomic E-state index is 12.5. The predicted octanol–water partition coefficient (Wildman–Crippen LogP) is 3.76. The van der Waals surface area contributed by atoms with E-state index in [0.29, 0.717) is 17.0 Å². The molecule has 10 heteroatoms. The third kappa shape index (κ3) is 6.06. The van der Waals surface area contributed by atoms with E-state index in [1.165, 1.54) is 31.0 Å². The van der Waals surface area contributed by atoms with Gasteiger partial charge in [-0.05, 0) is 49.4 Å². The third-order valence-corrected chi connectivity index (χ3v) is 4.83. The number of hydrogen-bond acceptors (Lipinski definition) is 4. The van der Waals surface area contributed by atoms with Gasteiger partial charge in [0.1, 0.15) is 5.75 Å². The van der Waals surface area contributed by atoms with E-state index in [0.717, 1.165) is 11.6 Å². The Labute approximate surface area is 166 Å². The van der Waals surface area contributed by atoms with Gasteiger partial charge in [-0.15, -0.1) is 0 Å². The monoisotopic (exact) mass is 427 g/mol. The molecular formula is C19H20F3N3O3S. The summed E-state index contributed by atoms with van der Waals surface area (Å²) in [4.78, 5) is 0.156. The molecule has 0 saturated heterocycles. The van der Waals surface area contributed by atoms with E-state index in [1.807, 2.05) is 6.92 Å². The first-order valence-corrected chi connectivity index (χ1v) is 9.81. The maximum Gasteiger partial charge on any atom is 0.435 e. The number of aromatic nitrogens is 2. The van der Waals surface area contributed by atoms with Gasteiger partial charge in [-0.3, -0.25) is 4.68 Å². The molecule has 156 valence electrons. The van der Waals surface area contributed by atoms with Crippen LogP contribution in [0.5, 0.6) is 5.75 Å². The molecule has 0 aliphatic carbocycles. The van der Waals surface area contributed by atoms with Crippen LogP contribution in [-0.2, 0) is 23.2 Å². The van der Waals surface area contributed by atoms with Crippen molar-refractivity contribution in [1.29, 1.82) is 0 Å². The molecule has 0 bridgehead atoms. The SMILES string of the molecule is COc1ccc(-c2cc(C(F)(F)F)nn2C)cc1.Cc1ccc(S(N)(=O)=O)cc1. The van der Waals surface area contributed by atoms with Gasteiger partial charge in [0.2, 0.25) is 10.0 Å². The number of primary sulfonamides is 1. The molecule has 3 aromatic rings. The molecular weight excluding hydrogens is 407 g/mol. The molecule has 29 heavy (non-hydrogen) atoms. The number of nitrogens with zero attached hydrogens (tertiary/aromatic N) is 2. The zero-order valence-corrected chi connectivity index (χ0v) is 16.8. The van der Waals surface area contributed by atoms with Gasteiger partial charge >= 0.3 is 6.18 Å². The van der Waals surface area contributed by atoms with Crippen LogP contribution in [0.15, 0.2) is 59.5 Å². The summed E-state index contributed by atoms with van der Waals surface area (Å²) in [5.74, 6) is 0.650. The number of sulfonamides is 1. The van der Waals surface area contributed by atoms with Crippen LogP contribution in [0.3, 0.4) is 0 Å². The summed E-state index contributed by atoms with van der Waals surface area (Å²) in [7, 11) is -0.510. The van der Waals surface area contributed by atoms with Crippen molar-refractivity contribution in [2.75, 3.05) is 7.11 Å². The van der Waals surface area contributed by atoms with E-state index in [1.54, 1.807) is 36.4 Å². The highest BCUT2D eigenvalue weighted by atomic mass is 32.2. The molecule has 2 N–H and O–H groups in total. The van der Waals surface area contributed by atoms with Gasteiger partial charge in [0.05, 0.1) is 17.7 Å². The smallest absolute Gasteiger partial charge is 0.435 e. The first-order valence-electron chi connectivity index (χ1n) is 8.27. The summed E-state index contributed by atoms with van der Waals surface area (Å²) in [6.45, 7) is 1.88. The van der Waals surface area contributed by atoms with Crippen molar-refractivity contribution in [1.82, 2.24) is 9.78 Å². The molecule has 1 aromatic heterocycles. The minimum atomic E-state index is -4.43. The van der Waals surface area contributed by atoms with Crippen molar-refractivity contribution in [3.63, 3.8) is 0 Å². The summed E-state index contributed by atoms with van der Waals surface area (Å²) in [6, 6.07) is 14.2. The first-order chi connectivity index (χ1) is 13.4. The number of rotatable bonds is 3. The van der Waals surface area contributed by atoms with Crippen LogP contribution < -0.4 is 9.88 Å². The van der Waals surface area contributed by atoms with Crippen LogP contribution in [0.1, 0.15) is 11.3 Å². The van der Waals surface area contributed by atoms with E-state index in [2.05, 4.69) is 5.10 Å². The lowest BCUT2D eigenvalue weighted by Crippen LogP contribution is -2.11. The average molecular weight is 427 g/mol. The van der Waals surface area contributed by atoms with Gasteiger partial charge in [0.25, 0.3) is 0 Å². The lowest BCUT2D eigenvalue weighted by molar-refractivity contribution is -0.141. The van der Waals surface area contributed by atoms with Crippen LogP contribution in [0.2, 0.25) is 0 Å². The van der Waals surface area contributed by atoms with Gasteiger partial charge in [-0.1, -0.05) is 17.7 Å². The Morgan fingerprint density at radius 3 is 2.00 bits per heavy atom. The molecule has 2 aromatic carbocycles. The van der Waals surface area contributed by atoms with E-state index in [9.17, 15) is 21.6 Å². The van der Waals surface area contributed by atoms with E-state index in [4.69, 9.17) is 9.88 Å². The highest BCUT2D eigenvalue weighted by Gasteiger charge is 2.34. The van der Waals surface area contributed by atoms with Crippen molar-refractivity contribution < 1.29 is 26.3 Å². The minimum Gasteiger partial charge on any atom is -0.497 e. The van der Waals surface area contributed by atoms with E-state index >= 15 is 0 Å². The Bertz CT molecular complexity index is 1060. The van der Waals surface area contributed by atoms with E-state index in [-0.39, 0.29) is 4.90 Å². The van der Waals surface area contributed by atoms with Crippen molar-refractivity contribution in [2.24, 2.45) is 12.2 Å². The third-order valence-electron chi connectivity index (χ3n) is 3.91. The van der Waals surface area contributed by atoms with Crippen LogP contribution >= 0.6 is 0 Å². The van der Waals surface area contributed by atoms with Crippen molar-refractivity contribution in [2.45, 2.75) is 18.0 Å². The summed E-state index contributed by atoms with van der Waals surface area (Å²) in [5, 5.41) is 8.34. The van der Waals surface area contributed by atoms with Gasteiger partial charge < -0.3 is 4.74 Å². The highest BCUT2D eigenvalue weighted by molar-refractivity contribution is 7.89. The first kappa shape index (κ1) is 22.4. The topological polar surface area (TPSA) is 87.2 Å². The standard InChI is InChI=1S/C12H11F3N2O.C7H9NO2S/c1-17-10(7-11(16-17)12(13,14)15)8-3-5-9(18-2)6-4-8;1-6-2-4-7(5-3-6)11(8,9)10/h3-7H,1-2H3;2-5H,1H3,(H2,8,9,10). The molecule has 1 heterocycles. The molecule has 0 saturated carbocycles. The van der Waals surface area contributed by atoms with Crippen LogP contribution in [0.4, 0.5) is 13.2 Å². The summed E-state index contributed by atoms with van der Waals surface area (Å²) in [5.41, 5.74) is 1.18. The fraction of sp³-hybridized carbons (Fsp3) is 0.211. The van der Waals surface area contributed by atoms with E-state index < -0.39 is 21.9 Å². The Balaban J connectivity index is 0.000000234. The average Bonchev–Trinajstić information content (AvgIpc) is 3.04. The highest BCUT2D eigenvalue weighted by Crippen LogP contribution is 2.31. The molecule has 6 nitrogen and oxygen atoms in total. The normalized spacial score (nSPS) is 11.6. The second-order valence-corrected chi connectivity index (χ2v) is 7.68. The van der Waals surface area contributed by atoms with Gasteiger partial charge in [0, 0.05) is 12.6 Å². The lowest BCUT2D eigenvalue weighted by Gasteiger charge is -2.03. The fourth-order valence-corrected chi connectivity index (χ4v) is 2.88. The molecule has 0 spiro atoms. The maximum atomic E-state index is 12.5. The molecule has 3 rings (SSSR count). The van der Waals surface area contributed by atoms with Crippen LogP contribution in [-0.4, -0.2) is 25.3 Å². The zero-order chi connectivity index (χ0) is 21.8.